The van der Waals surface area contributed by atoms with Crippen molar-refractivity contribution in [2.24, 2.45) is 5.92 Å². The second kappa shape index (κ2) is 8.13. The van der Waals surface area contributed by atoms with Crippen LogP contribution < -0.4 is 10.1 Å². The fourth-order valence-electron chi connectivity index (χ4n) is 1.80. The first-order valence-corrected chi connectivity index (χ1v) is 6.65. The lowest BCUT2D eigenvalue weighted by molar-refractivity contribution is 0.335. The van der Waals surface area contributed by atoms with Gasteiger partial charge in [0.2, 0.25) is 0 Å². The SMILES string of the molecule is CCOc1ccccc1CNCCCC(C)C. The summed E-state index contributed by atoms with van der Waals surface area (Å²) in [4.78, 5) is 0. The van der Waals surface area contributed by atoms with E-state index < -0.39 is 0 Å². The first-order valence-electron chi connectivity index (χ1n) is 6.65. The van der Waals surface area contributed by atoms with Crippen LogP contribution in [0.2, 0.25) is 0 Å². The van der Waals surface area contributed by atoms with Gasteiger partial charge < -0.3 is 10.1 Å². The summed E-state index contributed by atoms with van der Waals surface area (Å²) in [5, 5.41) is 3.48. The average molecular weight is 235 g/mol. The minimum atomic E-state index is 0.727. The van der Waals surface area contributed by atoms with Gasteiger partial charge in [0.15, 0.2) is 0 Å². The molecule has 0 saturated heterocycles. The second-order valence-corrected chi connectivity index (χ2v) is 4.75. The Morgan fingerprint density at radius 1 is 1.24 bits per heavy atom. The van der Waals surface area contributed by atoms with Gasteiger partial charge in [-0.2, -0.15) is 0 Å². The lowest BCUT2D eigenvalue weighted by atomic mass is 10.1. The Balaban J connectivity index is 2.30. The molecule has 0 amide bonds. The summed E-state index contributed by atoms with van der Waals surface area (Å²) in [6.07, 6.45) is 2.54. The smallest absolute Gasteiger partial charge is 0.123 e. The molecule has 2 heteroatoms. The van der Waals surface area contributed by atoms with Crippen molar-refractivity contribution in [1.82, 2.24) is 5.32 Å². The Kier molecular flexibility index (Phi) is 6.71. The third-order valence-electron chi connectivity index (χ3n) is 2.72. The molecule has 0 aliphatic heterocycles. The van der Waals surface area contributed by atoms with E-state index >= 15 is 0 Å². The molecule has 0 heterocycles. The third-order valence-corrected chi connectivity index (χ3v) is 2.72. The molecule has 0 radical (unpaired) electrons. The van der Waals surface area contributed by atoms with Crippen molar-refractivity contribution in [2.75, 3.05) is 13.2 Å². The molecule has 1 N–H and O–H groups in total. The molecule has 0 aliphatic carbocycles. The number of benzene rings is 1. The number of hydrogen-bond donors (Lipinski definition) is 1. The van der Waals surface area contributed by atoms with Gasteiger partial charge in [-0.25, -0.2) is 0 Å². The van der Waals surface area contributed by atoms with E-state index in [0.717, 1.165) is 31.4 Å². The first kappa shape index (κ1) is 14.0. The van der Waals surface area contributed by atoms with Crippen molar-refractivity contribution in [3.63, 3.8) is 0 Å². The van der Waals surface area contributed by atoms with Crippen molar-refractivity contribution in [3.8, 4) is 5.75 Å². The van der Waals surface area contributed by atoms with E-state index in [9.17, 15) is 0 Å². The number of nitrogens with one attached hydrogen (secondary N) is 1. The Morgan fingerprint density at radius 2 is 2.00 bits per heavy atom. The van der Waals surface area contributed by atoms with Gasteiger partial charge in [0.05, 0.1) is 6.61 Å². The van der Waals surface area contributed by atoms with Crippen molar-refractivity contribution >= 4 is 0 Å². The summed E-state index contributed by atoms with van der Waals surface area (Å²) in [6.45, 7) is 9.26. The molecule has 0 spiro atoms. The van der Waals surface area contributed by atoms with Gasteiger partial charge in [0.1, 0.15) is 5.75 Å². The Hall–Kier alpha value is -1.02. The van der Waals surface area contributed by atoms with Crippen LogP contribution in [0.1, 0.15) is 39.2 Å². The zero-order valence-corrected chi connectivity index (χ0v) is 11.3. The standard InChI is InChI=1S/C15H25NO/c1-4-17-15-10-6-5-9-14(15)12-16-11-7-8-13(2)3/h5-6,9-10,13,16H,4,7-8,11-12H2,1-3H3. The maximum atomic E-state index is 5.59. The van der Waals surface area contributed by atoms with Crippen LogP contribution in [0.15, 0.2) is 24.3 Å². The van der Waals surface area contributed by atoms with E-state index in [-0.39, 0.29) is 0 Å². The summed E-state index contributed by atoms with van der Waals surface area (Å²) in [7, 11) is 0. The van der Waals surface area contributed by atoms with Crippen molar-refractivity contribution in [1.29, 1.82) is 0 Å². The zero-order chi connectivity index (χ0) is 12.5. The minimum Gasteiger partial charge on any atom is -0.494 e. The van der Waals surface area contributed by atoms with E-state index in [0.29, 0.717) is 0 Å². The number of ether oxygens (including phenoxy) is 1. The van der Waals surface area contributed by atoms with Gasteiger partial charge >= 0.3 is 0 Å². The summed E-state index contributed by atoms with van der Waals surface area (Å²) in [5.74, 6) is 1.80. The molecule has 0 unspecified atom stereocenters. The van der Waals surface area contributed by atoms with E-state index in [1.54, 1.807) is 0 Å². The summed E-state index contributed by atoms with van der Waals surface area (Å²) in [5.41, 5.74) is 1.25. The zero-order valence-electron chi connectivity index (χ0n) is 11.3. The molecule has 1 rings (SSSR count). The van der Waals surface area contributed by atoms with Crippen molar-refractivity contribution in [3.05, 3.63) is 29.8 Å². The molecule has 0 bridgehead atoms. The quantitative estimate of drug-likeness (QED) is 0.695. The summed E-state index contributed by atoms with van der Waals surface area (Å²) in [6, 6.07) is 8.25. The van der Waals surface area contributed by atoms with Gasteiger partial charge in [0.25, 0.3) is 0 Å². The Labute approximate surface area is 105 Å². The predicted molar refractivity (Wildman–Crippen MR) is 73.4 cm³/mol. The summed E-state index contributed by atoms with van der Waals surface area (Å²) >= 11 is 0. The maximum absolute atomic E-state index is 5.59. The summed E-state index contributed by atoms with van der Waals surface area (Å²) < 4.78 is 5.59. The van der Waals surface area contributed by atoms with Crippen molar-refractivity contribution < 1.29 is 4.74 Å². The molecular weight excluding hydrogens is 210 g/mol. The van der Waals surface area contributed by atoms with E-state index in [4.69, 9.17) is 4.74 Å². The van der Waals surface area contributed by atoms with Crippen LogP contribution in [-0.2, 0) is 6.54 Å². The molecular formula is C15H25NO. The Morgan fingerprint density at radius 3 is 2.71 bits per heavy atom. The molecule has 96 valence electrons. The molecule has 0 atom stereocenters. The van der Waals surface area contributed by atoms with Gasteiger partial charge in [-0.1, -0.05) is 32.0 Å². The van der Waals surface area contributed by atoms with Gasteiger partial charge in [0, 0.05) is 12.1 Å². The van der Waals surface area contributed by atoms with Crippen LogP contribution >= 0.6 is 0 Å². The predicted octanol–water partition coefficient (Wildman–Crippen LogP) is 3.61. The highest BCUT2D eigenvalue weighted by molar-refractivity contribution is 5.33. The van der Waals surface area contributed by atoms with Crippen LogP contribution in [0.5, 0.6) is 5.75 Å². The highest BCUT2D eigenvalue weighted by Crippen LogP contribution is 2.17. The van der Waals surface area contributed by atoms with Gasteiger partial charge in [-0.05, 0) is 38.3 Å². The first-order chi connectivity index (χ1) is 8.24. The molecule has 0 aromatic heterocycles. The van der Waals surface area contributed by atoms with Gasteiger partial charge in [-0.15, -0.1) is 0 Å². The fourth-order valence-corrected chi connectivity index (χ4v) is 1.80. The second-order valence-electron chi connectivity index (χ2n) is 4.75. The third kappa shape index (κ3) is 5.73. The van der Waals surface area contributed by atoms with E-state index in [1.165, 1.54) is 18.4 Å². The van der Waals surface area contributed by atoms with E-state index in [2.05, 4.69) is 31.3 Å². The largest absolute Gasteiger partial charge is 0.494 e. The molecule has 0 aliphatic rings. The number of hydrogen-bond acceptors (Lipinski definition) is 2. The normalized spacial score (nSPS) is 10.8. The molecule has 2 nitrogen and oxygen atoms in total. The maximum Gasteiger partial charge on any atom is 0.123 e. The molecule has 1 aromatic carbocycles. The Bertz CT molecular complexity index is 310. The molecule has 0 fully saturated rings. The highest BCUT2D eigenvalue weighted by atomic mass is 16.5. The minimum absolute atomic E-state index is 0.727. The van der Waals surface area contributed by atoms with E-state index in [1.807, 2.05) is 19.1 Å². The number of para-hydroxylation sites is 1. The van der Waals surface area contributed by atoms with Crippen LogP contribution in [-0.4, -0.2) is 13.2 Å². The van der Waals surface area contributed by atoms with Crippen molar-refractivity contribution in [2.45, 2.75) is 40.2 Å². The van der Waals surface area contributed by atoms with Gasteiger partial charge in [-0.3, -0.25) is 0 Å². The van der Waals surface area contributed by atoms with Crippen LogP contribution in [0.4, 0.5) is 0 Å². The topological polar surface area (TPSA) is 21.3 Å². The average Bonchev–Trinajstić information content (AvgIpc) is 2.31. The molecule has 17 heavy (non-hydrogen) atoms. The lowest BCUT2D eigenvalue weighted by Gasteiger charge is -2.11. The molecule has 1 aromatic rings. The van der Waals surface area contributed by atoms with Crippen LogP contribution in [0.25, 0.3) is 0 Å². The molecule has 0 saturated carbocycles. The monoisotopic (exact) mass is 235 g/mol. The lowest BCUT2D eigenvalue weighted by Crippen LogP contribution is -2.16. The highest BCUT2D eigenvalue weighted by Gasteiger charge is 2.01. The van der Waals surface area contributed by atoms with Crippen LogP contribution in [0.3, 0.4) is 0 Å². The van der Waals surface area contributed by atoms with Crippen LogP contribution in [0, 0.1) is 5.92 Å². The fraction of sp³-hybridized carbons (Fsp3) is 0.600. The number of rotatable bonds is 8.